The average Bonchev–Trinajstić information content (AvgIpc) is 2.21. The maximum absolute atomic E-state index is 2.17. The smallest absolute Gasteiger partial charge is 0.0622 e. The van der Waals surface area contributed by atoms with E-state index in [1.165, 1.54) is 11.1 Å². The van der Waals surface area contributed by atoms with E-state index in [9.17, 15) is 0 Å². The molecule has 0 aliphatic heterocycles. The summed E-state index contributed by atoms with van der Waals surface area (Å²) in [6.07, 6.45) is 2.17. The summed E-state index contributed by atoms with van der Waals surface area (Å²) in [6.45, 7) is 0. The van der Waals surface area contributed by atoms with Gasteiger partial charge in [-0.05, 0) is 11.1 Å². The molecule has 0 aliphatic carbocycles. The summed E-state index contributed by atoms with van der Waals surface area (Å²) in [5.74, 6) is 0. The molecule has 0 aromatic heterocycles. The quantitative estimate of drug-likeness (QED) is 0.647. The lowest BCUT2D eigenvalue weighted by atomic mass is 10.1. The van der Waals surface area contributed by atoms with Gasteiger partial charge in [-0.1, -0.05) is 60.7 Å². The number of hydrogen-bond acceptors (Lipinski definition) is 0. The van der Waals surface area contributed by atoms with E-state index in [0.717, 1.165) is 0 Å². The molecule has 69 valence electrons. The molecule has 0 bridgehead atoms. The van der Waals surface area contributed by atoms with Crippen LogP contribution in [-0.4, -0.2) is 17.4 Å². The Morgan fingerprint density at radius 1 is 0.571 bits per heavy atom. The van der Waals surface area contributed by atoms with Crippen LogP contribution < -0.4 is 0 Å². The van der Waals surface area contributed by atoms with Crippen molar-refractivity contribution in [2.24, 2.45) is 0 Å². The van der Waals surface area contributed by atoms with Gasteiger partial charge in [-0.15, -0.1) is 0 Å². The molecule has 1 radical (unpaired) electrons. The first kappa shape index (κ1) is 11.0. The molecule has 0 atom stereocenters. The monoisotopic (exact) mass is 197 g/mol. The van der Waals surface area contributed by atoms with Crippen LogP contribution in [0.1, 0.15) is 11.1 Å². The molecule has 0 nitrogen and oxygen atoms in total. The van der Waals surface area contributed by atoms with E-state index in [2.05, 4.69) is 55.0 Å². The summed E-state index contributed by atoms with van der Waals surface area (Å²) in [7, 11) is 0. The van der Waals surface area contributed by atoms with Gasteiger partial charge in [-0.3, -0.25) is 0 Å². The first-order valence-corrected chi connectivity index (χ1v) is 4.40. The van der Waals surface area contributed by atoms with Gasteiger partial charge in [0.25, 0.3) is 0 Å². The first-order valence-electron chi connectivity index (χ1n) is 4.40. The van der Waals surface area contributed by atoms with Gasteiger partial charge in [-0.2, -0.15) is 0 Å². The van der Waals surface area contributed by atoms with Crippen LogP contribution in [0, 0.1) is 6.42 Å². The van der Waals surface area contributed by atoms with Crippen molar-refractivity contribution in [3.63, 3.8) is 0 Å². The Balaban J connectivity index is 0.000000980. The molecule has 2 aromatic carbocycles. The van der Waals surface area contributed by atoms with Crippen molar-refractivity contribution in [2.75, 3.05) is 0 Å². The topological polar surface area (TPSA) is 0 Å². The lowest BCUT2D eigenvalue weighted by Gasteiger charge is -1.99. The van der Waals surface area contributed by atoms with Gasteiger partial charge >= 0.3 is 0 Å². The van der Waals surface area contributed by atoms with E-state index in [-0.39, 0.29) is 17.4 Å². The van der Waals surface area contributed by atoms with Crippen molar-refractivity contribution in [3.05, 3.63) is 78.2 Å². The van der Waals surface area contributed by atoms with Crippen molar-refractivity contribution in [2.45, 2.75) is 0 Å². The van der Waals surface area contributed by atoms with Crippen LogP contribution in [0.5, 0.6) is 0 Å². The second-order valence-electron chi connectivity index (χ2n) is 2.97. The van der Waals surface area contributed by atoms with E-state index < -0.39 is 0 Å². The zero-order valence-electron chi connectivity index (χ0n) is 7.35. The van der Waals surface area contributed by atoms with E-state index in [0.29, 0.717) is 0 Å². The molecule has 0 aliphatic rings. The van der Waals surface area contributed by atoms with E-state index in [1.54, 1.807) is 0 Å². The molecule has 0 amide bonds. The third kappa shape index (κ3) is 3.03. The van der Waals surface area contributed by atoms with Crippen molar-refractivity contribution >= 4 is 17.4 Å². The van der Waals surface area contributed by atoms with Gasteiger partial charge in [0, 0.05) is 6.42 Å². The Kier molecular flexibility index (Phi) is 4.46. The Morgan fingerprint density at radius 2 is 0.929 bits per heavy atom. The van der Waals surface area contributed by atoms with Gasteiger partial charge in [0.15, 0.2) is 17.4 Å². The lowest BCUT2D eigenvalue weighted by molar-refractivity contribution is 1.43. The Morgan fingerprint density at radius 3 is 1.29 bits per heavy atom. The van der Waals surface area contributed by atoms with E-state index >= 15 is 0 Å². The highest BCUT2D eigenvalue weighted by Gasteiger charge is 1.93. The molecular weight excluding hydrogens is 183 g/mol. The number of rotatable bonds is 2. The van der Waals surface area contributed by atoms with Crippen LogP contribution in [0.25, 0.3) is 0 Å². The number of benzene rings is 2. The Hall–Kier alpha value is -1.03. The van der Waals surface area contributed by atoms with Gasteiger partial charge in [-0.25, -0.2) is 0 Å². The fourth-order valence-corrected chi connectivity index (χ4v) is 1.29. The van der Waals surface area contributed by atoms with Crippen LogP contribution in [0.3, 0.4) is 0 Å². The third-order valence-corrected chi connectivity index (χ3v) is 1.93. The van der Waals surface area contributed by atoms with Crippen molar-refractivity contribution in [1.29, 1.82) is 0 Å². The minimum atomic E-state index is 0. The summed E-state index contributed by atoms with van der Waals surface area (Å²) in [5, 5.41) is 0. The standard InChI is InChI=1S/C13H11.Al.3H/c1-3-7-12(8-4-1)11-13-9-5-2-6-10-13;;;;/h1-11H;;;;. The molecule has 0 unspecified atom stereocenters. The minimum absolute atomic E-state index is 0. The molecule has 1 heteroatoms. The molecule has 0 heterocycles. The van der Waals surface area contributed by atoms with Crippen molar-refractivity contribution in [3.8, 4) is 0 Å². The predicted octanol–water partition coefficient (Wildman–Crippen LogP) is 2.10. The van der Waals surface area contributed by atoms with Crippen LogP contribution in [0.4, 0.5) is 0 Å². The molecule has 0 saturated carbocycles. The predicted molar refractivity (Wildman–Crippen MR) is 65.3 cm³/mol. The van der Waals surface area contributed by atoms with Crippen LogP contribution in [0.2, 0.25) is 0 Å². The van der Waals surface area contributed by atoms with Gasteiger partial charge in [0.05, 0.1) is 0 Å². The van der Waals surface area contributed by atoms with E-state index in [1.807, 2.05) is 12.1 Å². The Bertz CT molecular complexity index is 316. The normalized spacial score (nSPS) is 9.14. The fourth-order valence-electron chi connectivity index (χ4n) is 1.29. The second-order valence-corrected chi connectivity index (χ2v) is 2.97. The van der Waals surface area contributed by atoms with Crippen LogP contribution >= 0.6 is 0 Å². The summed E-state index contributed by atoms with van der Waals surface area (Å²) >= 11 is 0. The molecule has 2 rings (SSSR count). The first-order chi connectivity index (χ1) is 6.45. The number of hydrogen-bond donors (Lipinski definition) is 0. The Labute approximate surface area is 95.7 Å². The summed E-state index contributed by atoms with van der Waals surface area (Å²) in [4.78, 5) is 0. The zero-order chi connectivity index (χ0) is 8.93. The summed E-state index contributed by atoms with van der Waals surface area (Å²) < 4.78 is 0. The molecule has 0 fully saturated rings. The molecule has 0 spiro atoms. The zero-order valence-corrected chi connectivity index (χ0v) is 7.35. The highest BCUT2D eigenvalue weighted by molar-refractivity contribution is 5.75. The van der Waals surface area contributed by atoms with Gasteiger partial charge in [0.1, 0.15) is 0 Å². The fraction of sp³-hybridized carbons (Fsp3) is 0. The van der Waals surface area contributed by atoms with Crippen LogP contribution in [-0.2, 0) is 0 Å². The average molecular weight is 197 g/mol. The van der Waals surface area contributed by atoms with Crippen LogP contribution in [0.15, 0.2) is 60.7 Å². The highest BCUT2D eigenvalue weighted by Crippen LogP contribution is 2.10. The molecule has 0 saturated heterocycles. The molecule has 2 aromatic rings. The molecular formula is C13H14Al. The third-order valence-electron chi connectivity index (χ3n) is 1.93. The maximum atomic E-state index is 2.17. The van der Waals surface area contributed by atoms with Gasteiger partial charge in [0.2, 0.25) is 0 Å². The SMILES string of the molecule is [AlH3].[CH](c1ccccc1)c1ccccc1. The minimum Gasteiger partial charge on any atom is -0.0622 e. The van der Waals surface area contributed by atoms with Gasteiger partial charge < -0.3 is 0 Å². The highest BCUT2D eigenvalue weighted by atomic mass is 27.0. The lowest BCUT2D eigenvalue weighted by Crippen LogP contribution is -1.82. The second kappa shape index (κ2) is 5.65. The largest absolute Gasteiger partial charge is 0.187 e. The van der Waals surface area contributed by atoms with Crippen molar-refractivity contribution < 1.29 is 0 Å². The summed E-state index contributed by atoms with van der Waals surface area (Å²) in [5.41, 5.74) is 2.49. The van der Waals surface area contributed by atoms with Crippen molar-refractivity contribution in [1.82, 2.24) is 0 Å². The molecule has 14 heavy (non-hydrogen) atoms. The summed E-state index contributed by atoms with van der Waals surface area (Å²) in [6, 6.07) is 20.7. The van der Waals surface area contributed by atoms with E-state index in [4.69, 9.17) is 0 Å². The maximum Gasteiger partial charge on any atom is 0.187 e. The molecule has 0 N–H and O–H groups in total.